The van der Waals surface area contributed by atoms with Crippen LogP contribution in [-0.2, 0) is 10.8 Å². The molecular weight excluding hydrogens is 272 g/mol. The molecule has 2 N–H and O–H groups in total. The van der Waals surface area contributed by atoms with Crippen molar-refractivity contribution in [2.24, 2.45) is 17.8 Å². The summed E-state index contributed by atoms with van der Waals surface area (Å²) in [7, 11) is 0. The Labute approximate surface area is 133 Å². The summed E-state index contributed by atoms with van der Waals surface area (Å²) in [4.78, 5) is 0. The van der Waals surface area contributed by atoms with E-state index in [4.69, 9.17) is 0 Å². The summed E-state index contributed by atoms with van der Waals surface area (Å²) in [6, 6.07) is 3.37. The fraction of sp³-hybridized carbons (Fsp3) is 0.700. The molecule has 4 aliphatic rings. The van der Waals surface area contributed by atoms with Gasteiger partial charge in [-0.25, -0.2) is 0 Å². The fourth-order valence-electron chi connectivity index (χ4n) is 6.29. The number of rotatable bonds is 1. The molecule has 2 nitrogen and oxygen atoms in total. The molecule has 22 heavy (non-hydrogen) atoms. The Morgan fingerprint density at radius 1 is 0.864 bits per heavy atom. The van der Waals surface area contributed by atoms with Gasteiger partial charge in [0.2, 0.25) is 0 Å². The summed E-state index contributed by atoms with van der Waals surface area (Å²) in [6.45, 7) is 6.43. The van der Waals surface area contributed by atoms with Crippen molar-refractivity contribution in [3.8, 4) is 11.5 Å². The van der Waals surface area contributed by atoms with Crippen LogP contribution < -0.4 is 0 Å². The minimum Gasteiger partial charge on any atom is -0.508 e. The van der Waals surface area contributed by atoms with Crippen molar-refractivity contribution < 1.29 is 10.2 Å². The van der Waals surface area contributed by atoms with Crippen LogP contribution in [0.5, 0.6) is 11.5 Å². The lowest BCUT2D eigenvalue weighted by Crippen LogP contribution is -2.49. The van der Waals surface area contributed by atoms with Crippen LogP contribution in [0, 0.1) is 17.8 Å². The van der Waals surface area contributed by atoms with Crippen molar-refractivity contribution in [2.45, 2.75) is 70.1 Å². The van der Waals surface area contributed by atoms with Crippen LogP contribution in [0.3, 0.4) is 0 Å². The summed E-state index contributed by atoms with van der Waals surface area (Å²) in [5.41, 5.74) is 2.02. The Morgan fingerprint density at radius 3 is 1.77 bits per heavy atom. The van der Waals surface area contributed by atoms with E-state index in [1.54, 1.807) is 12.1 Å². The number of phenolic OH excluding ortho intramolecular Hbond substituents is 2. The zero-order chi connectivity index (χ0) is 15.7. The number of hydrogen-bond acceptors (Lipinski definition) is 2. The maximum Gasteiger partial charge on any atom is 0.119 e. The Kier molecular flexibility index (Phi) is 2.90. The topological polar surface area (TPSA) is 40.5 Å². The molecule has 0 atom stereocenters. The third-order valence-corrected chi connectivity index (χ3v) is 6.48. The first-order valence-electron chi connectivity index (χ1n) is 8.84. The van der Waals surface area contributed by atoms with Crippen LogP contribution in [0.25, 0.3) is 0 Å². The standard InChI is InChI=1S/C20H28O2/c1-19(2,3)17-15(21)4-5-16(22)18(17)20-9-12-6-13(10-20)8-14(7-12)11-20/h4-5,12-14,21-22H,6-11H2,1-3H3. The smallest absolute Gasteiger partial charge is 0.119 e. The molecule has 0 spiro atoms. The van der Waals surface area contributed by atoms with E-state index in [1.807, 2.05) is 0 Å². The van der Waals surface area contributed by atoms with E-state index in [9.17, 15) is 10.2 Å². The Bertz CT molecular complexity index is 574. The van der Waals surface area contributed by atoms with Crippen molar-refractivity contribution in [2.75, 3.05) is 0 Å². The fourth-order valence-corrected chi connectivity index (χ4v) is 6.29. The lowest BCUT2D eigenvalue weighted by molar-refractivity contribution is -0.00703. The van der Waals surface area contributed by atoms with Gasteiger partial charge in [0.25, 0.3) is 0 Å². The quantitative estimate of drug-likeness (QED) is 0.727. The molecule has 0 unspecified atom stereocenters. The van der Waals surface area contributed by atoms with Crippen LogP contribution in [-0.4, -0.2) is 10.2 Å². The van der Waals surface area contributed by atoms with Crippen LogP contribution in [0.2, 0.25) is 0 Å². The van der Waals surface area contributed by atoms with Gasteiger partial charge in [0.05, 0.1) is 0 Å². The molecule has 4 bridgehead atoms. The molecule has 120 valence electrons. The van der Waals surface area contributed by atoms with E-state index in [0.29, 0.717) is 11.5 Å². The van der Waals surface area contributed by atoms with Crippen molar-refractivity contribution in [3.05, 3.63) is 23.3 Å². The van der Waals surface area contributed by atoms with E-state index in [0.717, 1.165) is 28.9 Å². The summed E-state index contributed by atoms with van der Waals surface area (Å²) in [6.07, 6.45) is 7.80. The maximum atomic E-state index is 10.7. The number of aromatic hydroxyl groups is 2. The van der Waals surface area contributed by atoms with Crippen molar-refractivity contribution in [1.29, 1.82) is 0 Å². The first-order chi connectivity index (χ1) is 10.3. The van der Waals surface area contributed by atoms with Crippen LogP contribution in [0.1, 0.15) is 70.4 Å². The van der Waals surface area contributed by atoms with Gasteiger partial charge < -0.3 is 10.2 Å². The molecule has 1 aromatic rings. The molecule has 4 aliphatic carbocycles. The van der Waals surface area contributed by atoms with Crippen LogP contribution in [0.15, 0.2) is 12.1 Å². The average molecular weight is 300 g/mol. The Balaban J connectivity index is 1.91. The minimum absolute atomic E-state index is 0.111. The molecule has 0 aliphatic heterocycles. The zero-order valence-corrected chi connectivity index (χ0v) is 14.0. The highest BCUT2D eigenvalue weighted by atomic mass is 16.3. The molecular formula is C20H28O2. The van der Waals surface area contributed by atoms with Gasteiger partial charge in [-0.3, -0.25) is 0 Å². The Hall–Kier alpha value is -1.18. The molecule has 0 heterocycles. The second-order valence-electron chi connectivity index (χ2n) is 9.30. The van der Waals surface area contributed by atoms with Gasteiger partial charge in [0, 0.05) is 16.5 Å². The molecule has 0 amide bonds. The third kappa shape index (κ3) is 1.99. The predicted molar refractivity (Wildman–Crippen MR) is 88.3 cm³/mol. The van der Waals surface area contributed by atoms with E-state index < -0.39 is 0 Å². The number of hydrogen-bond donors (Lipinski definition) is 2. The van der Waals surface area contributed by atoms with Crippen LogP contribution >= 0.6 is 0 Å². The van der Waals surface area contributed by atoms with E-state index in [2.05, 4.69) is 20.8 Å². The third-order valence-electron chi connectivity index (χ3n) is 6.48. The van der Waals surface area contributed by atoms with Crippen molar-refractivity contribution >= 4 is 0 Å². The van der Waals surface area contributed by atoms with Gasteiger partial charge in [-0.05, 0) is 73.8 Å². The molecule has 1 aromatic carbocycles. The highest BCUT2D eigenvalue weighted by Gasteiger charge is 2.53. The van der Waals surface area contributed by atoms with Gasteiger partial charge >= 0.3 is 0 Å². The highest BCUT2D eigenvalue weighted by Crippen LogP contribution is 2.63. The predicted octanol–water partition coefficient (Wildman–Crippen LogP) is 4.86. The van der Waals surface area contributed by atoms with Gasteiger partial charge in [-0.2, -0.15) is 0 Å². The van der Waals surface area contributed by atoms with Gasteiger partial charge in [0.15, 0.2) is 0 Å². The SMILES string of the molecule is CC(C)(C)c1c(O)ccc(O)c1C12CC3CC(CC(C3)C1)C2. The second kappa shape index (κ2) is 4.43. The van der Waals surface area contributed by atoms with E-state index >= 15 is 0 Å². The van der Waals surface area contributed by atoms with Crippen molar-refractivity contribution in [1.82, 2.24) is 0 Å². The first kappa shape index (κ1) is 14.4. The highest BCUT2D eigenvalue weighted by molar-refractivity contribution is 5.55. The second-order valence-corrected chi connectivity index (χ2v) is 9.30. The minimum atomic E-state index is -0.151. The monoisotopic (exact) mass is 300 g/mol. The van der Waals surface area contributed by atoms with Gasteiger partial charge in [0.1, 0.15) is 11.5 Å². The largest absolute Gasteiger partial charge is 0.508 e. The maximum absolute atomic E-state index is 10.7. The average Bonchev–Trinajstić information content (AvgIpc) is 2.38. The van der Waals surface area contributed by atoms with E-state index in [-0.39, 0.29) is 10.8 Å². The normalized spacial score (nSPS) is 36.8. The number of benzene rings is 1. The van der Waals surface area contributed by atoms with E-state index in [1.165, 1.54) is 38.5 Å². The molecule has 4 saturated carbocycles. The lowest BCUT2D eigenvalue weighted by atomic mass is 9.47. The van der Waals surface area contributed by atoms with Crippen LogP contribution in [0.4, 0.5) is 0 Å². The summed E-state index contributed by atoms with van der Waals surface area (Å²) >= 11 is 0. The van der Waals surface area contributed by atoms with Crippen molar-refractivity contribution in [3.63, 3.8) is 0 Å². The summed E-state index contributed by atoms with van der Waals surface area (Å²) in [5, 5.41) is 21.3. The zero-order valence-electron chi connectivity index (χ0n) is 14.0. The first-order valence-corrected chi connectivity index (χ1v) is 8.84. The molecule has 0 aromatic heterocycles. The molecule has 4 fully saturated rings. The molecule has 2 heteroatoms. The lowest BCUT2D eigenvalue weighted by Gasteiger charge is -2.58. The molecule has 0 radical (unpaired) electrons. The molecule has 0 saturated heterocycles. The summed E-state index contributed by atoms with van der Waals surface area (Å²) < 4.78 is 0. The summed E-state index contributed by atoms with van der Waals surface area (Å²) in [5.74, 6) is 3.27. The Morgan fingerprint density at radius 2 is 1.32 bits per heavy atom. The van der Waals surface area contributed by atoms with Gasteiger partial charge in [-0.1, -0.05) is 20.8 Å². The number of phenols is 2. The molecule has 5 rings (SSSR count). The van der Waals surface area contributed by atoms with Gasteiger partial charge in [-0.15, -0.1) is 0 Å².